The Hall–Kier alpha value is -2.36. The molecule has 1 amide bonds. The molecule has 0 saturated carbocycles. The van der Waals surface area contributed by atoms with Gasteiger partial charge in [-0.3, -0.25) is 9.78 Å². The normalized spacial score (nSPS) is 22.7. The van der Waals surface area contributed by atoms with E-state index in [2.05, 4.69) is 45.1 Å². The highest BCUT2D eigenvalue weighted by Gasteiger charge is 2.41. The first-order chi connectivity index (χ1) is 11.8. The molecule has 3 heterocycles. The van der Waals surface area contributed by atoms with Crippen LogP contribution >= 0.6 is 0 Å². The Morgan fingerprint density at radius 2 is 1.75 bits per heavy atom. The predicted octanol–water partition coefficient (Wildman–Crippen LogP) is 2.61. The van der Waals surface area contributed by atoms with Crippen LogP contribution in [0, 0.1) is 11.8 Å². The van der Waals surface area contributed by atoms with Crippen LogP contribution < -0.4 is 4.90 Å². The molecule has 0 aliphatic carbocycles. The highest BCUT2D eigenvalue weighted by atomic mass is 16.2. The molecule has 0 N–H and O–H groups in total. The molecular weight excluding hydrogens is 298 g/mol. The number of rotatable bonds is 4. The number of carbonyl (C=O) groups excluding carboxylic acids is 1. The van der Waals surface area contributed by atoms with E-state index in [4.69, 9.17) is 0 Å². The summed E-state index contributed by atoms with van der Waals surface area (Å²) in [7, 11) is 0. The average molecular weight is 321 g/mol. The lowest BCUT2D eigenvalue weighted by Crippen LogP contribution is -2.33. The third-order valence-corrected chi connectivity index (χ3v) is 5.31. The number of para-hydroxylation sites is 1. The number of nitrogens with zero attached hydrogens (tertiary/aromatic N) is 3. The fourth-order valence-corrected chi connectivity index (χ4v) is 4.00. The molecule has 124 valence electrons. The summed E-state index contributed by atoms with van der Waals surface area (Å²) in [6.07, 6.45) is 5.00. The minimum absolute atomic E-state index is 0.291. The van der Waals surface area contributed by atoms with E-state index in [9.17, 15) is 4.79 Å². The van der Waals surface area contributed by atoms with Gasteiger partial charge in [-0.05, 0) is 30.2 Å². The van der Waals surface area contributed by atoms with Crippen molar-refractivity contribution in [3.05, 3.63) is 60.4 Å². The Morgan fingerprint density at radius 1 is 1.00 bits per heavy atom. The van der Waals surface area contributed by atoms with Crippen molar-refractivity contribution in [1.82, 2.24) is 9.88 Å². The third kappa shape index (κ3) is 3.14. The average Bonchev–Trinajstić information content (AvgIpc) is 3.20. The highest BCUT2D eigenvalue weighted by molar-refractivity contribution is 5.77. The number of hydrogen-bond donors (Lipinski definition) is 0. The fraction of sp³-hybridized carbons (Fsp3) is 0.400. The van der Waals surface area contributed by atoms with Gasteiger partial charge in [0.1, 0.15) is 0 Å². The van der Waals surface area contributed by atoms with Gasteiger partial charge in [-0.2, -0.15) is 0 Å². The Morgan fingerprint density at radius 3 is 2.42 bits per heavy atom. The summed E-state index contributed by atoms with van der Waals surface area (Å²) >= 11 is 0. The number of likely N-dealkylation sites (tertiary alicyclic amines) is 1. The standard InChI is InChI=1S/C20H23N3O/c24-20(9-8-16-5-4-10-21-11-16)23-14-17-12-22(13-18(17)15-23)19-6-2-1-3-7-19/h1-7,10-11,17-18H,8-9,12-15H2. The minimum atomic E-state index is 0.291. The number of aromatic nitrogens is 1. The van der Waals surface area contributed by atoms with Gasteiger partial charge in [-0.1, -0.05) is 24.3 Å². The number of amides is 1. The minimum Gasteiger partial charge on any atom is -0.371 e. The monoisotopic (exact) mass is 321 g/mol. The first-order valence-corrected chi connectivity index (χ1v) is 8.76. The van der Waals surface area contributed by atoms with Crippen molar-refractivity contribution >= 4 is 11.6 Å². The van der Waals surface area contributed by atoms with Crippen LogP contribution in [0.1, 0.15) is 12.0 Å². The molecule has 2 aliphatic heterocycles. The molecule has 0 spiro atoms. The maximum atomic E-state index is 12.5. The molecular formula is C20H23N3O. The number of pyridine rings is 1. The highest BCUT2D eigenvalue weighted by Crippen LogP contribution is 2.34. The number of fused-ring (bicyclic) bond motifs is 1. The molecule has 2 atom stereocenters. The van der Waals surface area contributed by atoms with E-state index in [0.29, 0.717) is 24.2 Å². The van der Waals surface area contributed by atoms with Crippen molar-refractivity contribution in [3.8, 4) is 0 Å². The van der Waals surface area contributed by atoms with Crippen molar-refractivity contribution in [1.29, 1.82) is 0 Å². The summed E-state index contributed by atoms with van der Waals surface area (Å²) in [6.45, 7) is 3.97. The molecule has 0 bridgehead atoms. The van der Waals surface area contributed by atoms with Crippen LogP contribution in [0.5, 0.6) is 0 Å². The molecule has 2 unspecified atom stereocenters. The summed E-state index contributed by atoms with van der Waals surface area (Å²) in [5, 5.41) is 0. The molecule has 0 radical (unpaired) electrons. The van der Waals surface area contributed by atoms with Gasteiger partial charge in [0.2, 0.25) is 5.91 Å². The van der Waals surface area contributed by atoms with E-state index in [1.165, 1.54) is 5.69 Å². The predicted molar refractivity (Wildman–Crippen MR) is 94.8 cm³/mol. The molecule has 4 nitrogen and oxygen atoms in total. The van der Waals surface area contributed by atoms with Gasteiger partial charge >= 0.3 is 0 Å². The largest absolute Gasteiger partial charge is 0.371 e. The number of aryl methyl sites for hydroxylation is 1. The Bertz CT molecular complexity index is 675. The van der Waals surface area contributed by atoms with E-state index in [0.717, 1.165) is 38.2 Å². The Kier molecular flexibility index (Phi) is 4.20. The van der Waals surface area contributed by atoms with Gasteiger partial charge in [-0.15, -0.1) is 0 Å². The second kappa shape index (κ2) is 6.63. The van der Waals surface area contributed by atoms with Crippen LogP contribution in [-0.4, -0.2) is 42.0 Å². The van der Waals surface area contributed by atoms with Crippen molar-refractivity contribution in [2.24, 2.45) is 11.8 Å². The Labute approximate surface area is 143 Å². The molecule has 24 heavy (non-hydrogen) atoms. The van der Waals surface area contributed by atoms with E-state index in [-0.39, 0.29) is 0 Å². The van der Waals surface area contributed by atoms with Crippen molar-refractivity contribution in [3.63, 3.8) is 0 Å². The summed E-state index contributed by atoms with van der Waals surface area (Å²) in [5.41, 5.74) is 2.45. The number of hydrogen-bond acceptors (Lipinski definition) is 3. The van der Waals surface area contributed by atoms with Crippen LogP contribution in [-0.2, 0) is 11.2 Å². The van der Waals surface area contributed by atoms with E-state index < -0.39 is 0 Å². The molecule has 2 fully saturated rings. The lowest BCUT2D eigenvalue weighted by molar-refractivity contribution is -0.130. The number of carbonyl (C=O) groups is 1. The summed E-state index contributed by atoms with van der Waals surface area (Å²) in [4.78, 5) is 21.1. The lowest BCUT2D eigenvalue weighted by Gasteiger charge is -2.23. The van der Waals surface area contributed by atoms with Crippen LogP contribution in [0.15, 0.2) is 54.9 Å². The van der Waals surface area contributed by atoms with Crippen molar-refractivity contribution in [2.45, 2.75) is 12.8 Å². The smallest absolute Gasteiger partial charge is 0.222 e. The zero-order chi connectivity index (χ0) is 16.4. The maximum absolute atomic E-state index is 12.5. The van der Waals surface area contributed by atoms with Crippen LogP contribution in [0.3, 0.4) is 0 Å². The maximum Gasteiger partial charge on any atom is 0.222 e. The van der Waals surface area contributed by atoms with E-state index >= 15 is 0 Å². The van der Waals surface area contributed by atoms with Crippen molar-refractivity contribution < 1.29 is 4.79 Å². The zero-order valence-electron chi connectivity index (χ0n) is 13.8. The molecule has 4 rings (SSSR count). The molecule has 2 aromatic rings. The zero-order valence-corrected chi connectivity index (χ0v) is 13.8. The summed E-state index contributed by atoms with van der Waals surface area (Å²) in [5.74, 6) is 1.53. The quantitative estimate of drug-likeness (QED) is 0.868. The van der Waals surface area contributed by atoms with Gasteiger partial charge < -0.3 is 9.80 Å². The van der Waals surface area contributed by atoms with Crippen LogP contribution in [0.25, 0.3) is 0 Å². The summed E-state index contributed by atoms with van der Waals surface area (Å²) in [6, 6.07) is 14.6. The molecule has 2 saturated heterocycles. The van der Waals surface area contributed by atoms with Crippen LogP contribution in [0.2, 0.25) is 0 Å². The second-order valence-electron chi connectivity index (χ2n) is 6.92. The fourth-order valence-electron chi connectivity index (χ4n) is 4.00. The van der Waals surface area contributed by atoms with Gasteiger partial charge in [0.15, 0.2) is 0 Å². The molecule has 4 heteroatoms. The number of anilines is 1. The molecule has 1 aromatic heterocycles. The summed E-state index contributed by atoms with van der Waals surface area (Å²) < 4.78 is 0. The topological polar surface area (TPSA) is 36.4 Å². The SMILES string of the molecule is O=C(CCc1cccnc1)N1CC2CN(c3ccccc3)CC2C1. The third-order valence-electron chi connectivity index (χ3n) is 5.31. The first kappa shape index (κ1) is 15.2. The molecule has 1 aromatic carbocycles. The molecule has 2 aliphatic rings. The van der Waals surface area contributed by atoms with Crippen molar-refractivity contribution in [2.75, 3.05) is 31.1 Å². The van der Waals surface area contributed by atoms with Gasteiger partial charge in [0, 0.05) is 62.5 Å². The van der Waals surface area contributed by atoms with Gasteiger partial charge in [-0.25, -0.2) is 0 Å². The van der Waals surface area contributed by atoms with E-state index in [1.807, 2.05) is 18.3 Å². The second-order valence-corrected chi connectivity index (χ2v) is 6.92. The van der Waals surface area contributed by atoms with Gasteiger partial charge in [0.25, 0.3) is 0 Å². The number of benzene rings is 1. The van der Waals surface area contributed by atoms with Crippen LogP contribution in [0.4, 0.5) is 5.69 Å². The lowest BCUT2D eigenvalue weighted by atomic mass is 10.0. The first-order valence-electron chi connectivity index (χ1n) is 8.76. The van der Waals surface area contributed by atoms with E-state index in [1.54, 1.807) is 6.20 Å². The van der Waals surface area contributed by atoms with Gasteiger partial charge in [0.05, 0.1) is 0 Å². The Balaban J connectivity index is 1.30.